The van der Waals surface area contributed by atoms with E-state index in [1.54, 1.807) is 24.3 Å². The zero-order chi connectivity index (χ0) is 21.2. The number of sulfonamides is 1. The second-order valence-electron chi connectivity index (χ2n) is 6.06. The quantitative estimate of drug-likeness (QED) is 0.519. The van der Waals surface area contributed by atoms with Crippen molar-refractivity contribution in [3.63, 3.8) is 0 Å². The summed E-state index contributed by atoms with van der Waals surface area (Å²) >= 11 is 9.01. The van der Waals surface area contributed by atoms with Gasteiger partial charge in [0.15, 0.2) is 0 Å². The van der Waals surface area contributed by atoms with Gasteiger partial charge in [-0.25, -0.2) is 12.8 Å². The SMILES string of the molecule is CN(c1ccc(Br)cc1)S(=O)(=O)c1cccc(C(=O)Nc2ccc(Cl)cc2F)c1. The largest absolute Gasteiger partial charge is 0.319 e. The van der Waals surface area contributed by atoms with E-state index in [4.69, 9.17) is 11.6 Å². The smallest absolute Gasteiger partial charge is 0.264 e. The third-order valence-corrected chi connectivity index (χ3v) is 6.67. The molecule has 0 heterocycles. The minimum Gasteiger partial charge on any atom is -0.319 e. The van der Waals surface area contributed by atoms with E-state index in [9.17, 15) is 17.6 Å². The Kier molecular flexibility index (Phi) is 6.26. The number of rotatable bonds is 5. The Morgan fingerprint density at radius 2 is 1.76 bits per heavy atom. The van der Waals surface area contributed by atoms with Gasteiger partial charge in [0.25, 0.3) is 15.9 Å². The molecule has 5 nitrogen and oxygen atoms in total. The van der Waals surface area contributed by atoms with Gasteiger partial charge in [-0.1, -0.05) is 33.6 Å². The first kappa shape index (κ1) is 21.3. The maximum absolute atomic E-state index is 13.9. The minimum atomic E-state index is -3.90. The lowest BCUT2D eigenvalue weighted by Crippen LogP contribution is -2.26. The topological polar surface area (TPSA) is 66.5 Å². The van der Waals surface area contributed by atoms with Crippen molar-refractivity contribution < 1.29 is 17.6 Å². The zero-order valence-electron chi connectivity index (χ0n) is 15.1. The van der Waals surface area contributed by atoms with E-state index >= 15 is 0 Å². The van der Waals surface area contributed by atoms with Crippen molar-refractivity contribution in [2.24, 2.45) is 0 Å². The van der Waals surface area contributed by atoms with Gasteiger partial charge in [-0.15, -0.1) is 0 Å². The fourth-order valence-electron chi connectivity index (χ4n) is 2.53. The monoisotopic (exact) mass is 496 g/mol. The number of amides is 1. The molecule has 9 heteroatoms. The molecule has 0 unspecified atom stereocenters. The Morgan fingerprint density at radius 1 is 1.07 bits per heavy atom. The Balaban J connectivity index is 1.87. The lowest BCUT2D eigenvalue weighted by atomic mass is 10.2. The van der Waals surface area contributed by atoms with Crippen LogP contribution in [0.4, 0.5) is 15.8 Å². The number of hydrogen-bond acceptors (Lipinski definition) is 3. The first-order chi connectivity index (χ1) is 13.7. The number of carbonyl (C=O) groups excluding carboxylic acids is 1. The van der Waals surface area contributed by atoms with E-state index in [0.717, 1.165) is 14.8 Å². The van der Waals surface area contributed by atoms with Crippen molar-refractivity contribution in [2.45, 2.75) is 4.90 Å². The van der Waals surface area contributed by atoms with Crippen LogP contribution in [0.5, 0.6) is 0 Å². The van der Waals surface area contributed by atoms with Gasteiger partial charge in [-0.3, -0.25) is 9.10 Å². The fourth-order valence-corrected chi connectivity index (χ4v) is 4.20. The molecule has 0 aromatic heterocycles. The molecular weight excluding hydrogens is 483 g/mol. The molecular formula is C20H15BrClFN2O3S. The summed E-state index contributed by atoms with van der Waals surface area (Å²) in [6.45, 7) is 0. The van der Waals surface area contributed by atoms with Gasteiger partial charge in [0.2, 0.25) is 0 Å². The van der Waals surface area contributed by atoms with E-state index in [1.807, 2.05) is 0 Å². The van der Waals surface area contributed by atoms with Gasteiger partial charge >= 0.3 is 0 Å². The van der Waals surface area contributed by atoms with Crippen molar-refractivity contribution in [1.82, 2.24) is 0 Å². The van der Waals surface area contributed by atoms with Crippen LogP contribution in [0.15, 0.2) is 76.1 Å². The van der Waals surface area contributed by atoms with Crippen LogP contribution in [0.2, 0.25) is 5.02 Å². The lowest BCUT2D eigenvalue weighted by Gasteiger charge is -2.20. The molecule has 0 aliphatic rings. The van der Waals surface area contributed by atoms with Crippen molar-refractivity contribution in [3.8, 4) is 0 Å². The van der Waals surface area contributed by atoms with E-state index in [-0.39, 0.29) is 21.2 Å². The Bertz CT molecular complexity index is 1170. The highest BCUT2D eigenvalue weighted by Gasteiger charge is 2.22. The third kappa shape index (κ3) is 4.77. The number of halogens is 3. The van der Waals surface area contributed by atoms with Crippen LogP contribution in [0.3, 0.4) is 0 Å². The van der Waals surface area contributed by atoms with Gasteiger partial charge in [0, 0.05) is 22.1 Å². The number of benzene rings is 3. The predicted octanol–water partition coefficient (Wildman–Crippen LogP) is 5.32. The Labute approximate surface area is 181 Å². The number of carbonyl (C=O) groups is 1. The lowest BCUT2D eigenvalue weighted by molar-refractivity contribution is 0.102. The summed E-state index contributed by atoms with van der Waals surface area (Å²) in [6.07, 6.45) is 0. The van der Waals surface area contributed by atoms with Crippen LogP contribution in [-0.2, 0) is 10.0 Å². The van der Waals surface area contributed by atoms with Crippen LogP contribution >= 0.6 is 27.5 Å². The molecule has 0 atom stereocenters. The predicted molar refractivity (Wildman–Crippen MR) is 116 cm³/mol. The average molecular weight is 498 g/mol. The standard InChI is InChI=1S/C20H15BrClFN2O3S/c1-25(16-8-5-14(21)6-9-16)29(27,28)17-4-2-3-13(11-17)20(26)24-19-10-7-15(22)12-18(19)23/h2-12H,1H3,(H,24,26). The molecule has 3 aromatic rings. The van der Waals surface area contributed by atoms with Gasteiger partial charge in [-0.05, 0) is 60.7 Å². The van der Waals surface area contributed by atoms with Gasteiger partial charge in [0.1, 0.15) is 5.82 Å². The summed E-state index contributed by atoms with van der Waals surface area (Å²) in [5.41, 5.74) is 0.482. The van der Waals surface area contributed by atoms with Crippen molar-refractivity contribution >= 4 is 54.8 Å². The van der Waals surface area contributed by atoms with Crippen LogP contribution in [0.25, 0.3) is 0 Å². The Hall–Kier alpha value is -2.42. The normalized spacial score (nSPS) is 11.2. The van der Waals surface area contributed by atoms with Crippen LogP contribution in [0, 0.1) is 5.82 Å². The Morgan fingerprint density at radius 3 is 2.41 bits per heavy atom. The first-order valence-electron chi connectivity index (χ1n) is 8.29. The van der Waals surface area contributed by atoms with Crippen LogP contribution in [-0.4, -0.2) is 21.4 Å². The van der Waals surface area contributed by atoms with Gasteiger partial charge < -0.3 is 5.32 Å². The first-order valence-corrected chi connectivity index (χ1v) is 10.9. The number of nitrogens with one attached hydrogen (secondary N) is 1. The van der Waals surface area contributed by atoms with Crippen LogP contribution < -0.4 is 9.62 Å². The van der Waals surface area contributed by atoms with E-state index in [1.165, 1.54) is 43.4 Å². The summed E-state index contributed by atoms with van der Waals surface area (Å²) in [4.78, 5) is 12.4. The second kappa shape index (κ2) is 8.52. The minimum absolute atomic E-state index is 0.0559. The molecule has 0 bridgehead atoms. The maximum Gasteiger partial charge on any atom is 0.264 e. The molecule has 1 amide bonds. The van der Waals surface area contributed by atoms with Gasteiger partial charge in [0.05, 0.1) is 16.3 Å². The molecule has 0 radical (unpaired) electrons. The summed E-state index contributed by atoms with van der Waals surface area (Å²) in [7, 11) is -2.48. The molecule has 1 N–H and O–H groups in total. The number of anilines is 2. The molecule has 0 saturated carbocycles. The summed E-state index contributed by atoms with van der Waals surface area (Å²) in [5.74, 6) is -1.33. The van der Waals surface area contributed by atoms with Crippen molar-refractivity contribution in [3.05, 3.63) is 87.6 Å². The molecule has 3 rings (SSSR count). The molecule has 0 aliphatic carbocycles. The van der Waals surface area contributed by atoms with Gasteiger partial charge in [-0.2, -0.15) is 0 Å². The molecule has 0 saturated heterocycles. The van der Waals surface area contributed by atoms with Crippen molar-refractivity contribution in [1.29, 1.82) is 0 Å². The average Bonchev–Trinajstić information content (AvgIpc) is 2.70. The summed E-state index contributed by atoms with van der Waals surface area (Å²) in [6, 6.07) is 16.1. The highest BCUT2D eigenvalue weighted by atomic mass is 79.9. The summed E-state index contributed by atoms with van der Waals surface area (Å²) in [5, 5.41) is 2.61. The molecule has 0 fully saturated rings. The van der Waals surface area contributed by atoms with E-state index < -0.39 is 21.7 Å². The third-order valence-electron chi connectivity index (χ3n) is 4.12. The molecule has 0 aliphatic heterocycles. The summed E-state index contributed by atoms with van der Waals surface area (Å²) < 4.78 is 41.8. The van der Waals surface area contributed by atoms with E-state index in [0.29, 0.717) is 5.69 Å². The molecule has 0 spiro atoms. The highest BCUT2D eigenvalue weighted by molar-refractivity contribution is 9.10. The fraction of sp³-hybridized carbons (Fsp3) is 0.0500. The van der Waals surface area contributed by atoms with Crippen molar-refractivity contribution in [2.75, 3.05) is 16.7 Å². The molecule has 3 aromatic carbocycles. The van der Waals surface area contributed by atoms with E-state index in [2.05, 4.69) is 21.2 Å². The highest BCUT2D eigenvalue weighted by Crippen LogP contribution is 2.25. The number of hydrogen-bond donors (Lipinski definition) is 1. The zero-order valence-corrected chi connectivity index (χ0v) is 18.2. The van der Waals surface area contributed by atoms with Crippen LogP contribution in [0.1, 0.15) is 10.4 Å². The second-order valence-corrected chi connectivity index (χ2v) is 9.38. The maximum atomic E-state index is 13.9. The number of nitrogens with zero attached hydrogens (tertiary/aromatic N) is 1. The molecule has 29 heavy (non-hydrogen) atoms. The molecule has 150 valence electrons.